The molecular weight excluding hydrogens is 376 g/mol. The quantitative estimate of drug-likeness (QED) is 0.470. The van der Waals surface area contributed by atoms with Crippen LogP contribution >= 0.6 is 0 Å². The van der Waals surface area contributed by atoms with E-state index in [4.69, 9.17) is 14.5 Å². The van der Waals surface area contributed by atoms with Crippen LogP contribution in [0.4, 0.5) is 5.82 Å². The van der Waals surface area contributed by atoms with Crippen molar-refractivity contribution in [3.63, 3.8) is 0 Å². The highest BCUT2D eigenvalue weighted by Gasteiger charge is 2.14. The summed E-state index contributed by atoms with van der Waals surface area (Å²) in [5.74, 6) is 2.37. The van der Waals surface area contributed by atoms with Gasteiger partial charge < -0.3 is 14.8 Å². The first-order chi connectivity index (χ1) is 14.8. The zero-order chi connectivity index (χ0) is 19.9. The Hall–Kier alpha value is -4.06. The van der Waals surface area contributed by atoms with Gasteiger partial charge in [0, 0.05) is 18.3 Å². The molecule has 1 aliphatic heterocycles. The summed E-state index contributed by atoms with van der Waals surface area (Å²) in [6, 6.07) is 22.6. The van der Waals surface area contributed by atoms with Gasteiger partial charge in [-0.1, -0.05) is 48.5 Å². The smallest absolute Gasteiger partial charge is 0.231 e. The fourth-order valence-corrected chi connectivity index (χ4v) is 3.86. The Balaban J connectivity index is 1.34. The van der Waals surface area contributed by atoms with Crippen molar-refractivity contribution >= 4 is 22.2 Å². The molecule has 0 bridgehead atoms. The summed E-state index contributed by atoms with van der Waals surface area (Å²) in [5, 5.41) is 10.3. The molecule has 6 heteroatoms. The van der Waals surface area contributed by atoms with Crippen LogP contribution in [0.25, 0.3) is 27.5 Å². The molecule has 0 unspecified atom stereocenters. The molecule has 0 fully saturated rings. The largest absolute Gasteiger partial charge is 0.454 e. The maximum Gasteiger partial charge on any atom is 0.231 e. The number of fused-ring (bicyclic) bond motifs is 3. The van der Waals surface area contributed by atoms with Crippen LogP contribution < -0.4 is 14.8 Å². The maximum absolute atomic E-state index is 5.46. The van der Waals surface area contributed by atoms with E-state index in [1.165, 1.54) is 10.8 Å². The van der Waals surface area contributed by atoms with Gasteiger partial charge in [-0.3, -0.25) is 0 Å². The van der Waals surface area contributed by atoms with E-state index in [1.54, 1.807) is 0 Å². The molecule has 0 saturated heterocycles. The number of benzene rings is 3. The molecule has 0 radical (unpaired) electrons. The fraction of sp³-hybridized carbons (Fsp3) is 0.0833. The SMILES string of the molecule is c1ccc2c(-c3cnn4ccc(NCc5ccc6c(c5)OCO6)nc34)cccc2c1. The lowest BCUT2D eigenvalue weighted by atomic mass is 10.0. The van der Waals surface area contributed by atoms with Crippen molar-refractivity contribution in [3.8, 4) is 22.6 Å². The van der Waals surface area contributed by atoms with Crippen LogP contribution in [0, 0.1) is 0 Å². The lowest BCUT2D eigenvalue weighted by Gasteiger charge is -2.08. The van der Waals surface area contributed by atoms with Gasteiger partial charge in [0.25, 0.3) is 0 Å². The predicted molar refractivity (Wildman–Crippen MR) is 116 cm³/mol. The Morgan fingerprint density at radius 3 is 2.80 bits per heavy atom. The van der Waals surface area contributed by atoms with Crippen LogP contribution in [0.3, 0.4) is 0 Å². The van der Waals surface area contributed by atoms with Crippen LogP contribution in [0.1, 0.15) is 5.56 Å². The van der Waals surface area contributed by atoms with Crippen LogP contribution in [-0.4, -0.2) is 21.4 Å². The van der Waals surface area contributed by atoms with Gasteiger partial charge >= 0.3 is 0 Å². The second kappa shape index (κ2) is 6.77. The number of anilines is 1. The molecule has 3 aromatic carbocycles. The predicted octanol–water partition coefficient (Wildman–Crippen LogP) is 4.89. The maximum atomic E-state index is 5.46. The molecule has 6 rings (SSSR count). The first kappa shape index (κ1) is 16.9. The molecule has 146 valence electrons. The van der Waals surface area contributed by atoms with E-state index < -0.39 is 0 Å². The highest BCUT2D eigenvalue weighted by molar-refractivity contribution is 5.99. The molecule has 30 heavy (non-hydrogen) atoms. The standard InChI is InChI=1S/C24H18N4O2/c1-2-6-18-17(4-1)5-3-7-19(18)20-14-26-28-11-10-23(27-24(20)28)25-13-16-8-9-21-22(12-16)30-15-29-21/h1-12,14H,13,15H2,(H,25,27). The zero-order valence-electron chi connectivity index (χ0n) is 16.1. The Bertz CT molecular complexity index is 1390. The van der Waals surface area contributed by atoms with Gasteiger partial charge in [-0.2, -0.15) is 5.10 Å². The second-order valence-corrected chi connectivity index (χ2v) is 7.21. The molecule has 6 nitrogen and oxygen atoms in total. The molecule has 0 atom stereocenters. The third-order valence-corrected chi connectivity index (χ3v) is 5.36. The highest BCUT2D eigenvalue weighted by Crippen LogP contribution is 2.33. The average molecular weight is 394 g/mol. The van der Waals surface area contributed by atoms with Crippen LogP contribution in [0.2, 0.25) is 0 Å². The molecule has 0 aliphatic carbocycles. The summed E-state index contributed by atoms with van der Waals surface area (Å²) >= 11 is 0. The van der Waals surface area contributed by atoms with Crippen molar-refractivity contribution in [1.82, 2.24) is 14.6 Å². The van der Waals surface area contributed by atoms with Crippen LogP contribution in [0.15, 0.2) is 79.1 Å². The van der Waals surface area contributed by atoms with Gasteiger partial charge in [0.1, 0.15) is 5.82 Å². The van der Waals surface area contributed by atoms with E-state index in [-0.39, 0.29) is 6.79 Å². The lowest BCUT2D eigenvalue weighted by molar-refractivity contribution is 0.174. The van der Waals surface area contributed by atoms with E-state index in [1.807, 2.05) is 41.2 Å². The minimum absolute atomic E-state index is 0.280. The summed E-state index contributed by atoms with van der Waals surface area (Å²) in [6.45, 7) is 0.917. The van der Waals surface area contributed by atoms with E-state index in [2.05, 4.69) is 52.9 Å². The summed E-state index contributed by atoms with van der Waals surface area (Å²) in [6.07, 6.45) is 3.81. The van der Waals surface area contributed by atoms with Crippen molar-refractivity contribution in [2.75, 3.05) is 12.1 Å². The van der Waals surface area contributed by atoms with Crippen molar-refractivity contribution < 1.29 is 9.47 Å². The van der Waals surface area contributed by atoms with Crippen molar-refractivity contribution in [2.24, 2.45) is 0 Å². The Morgan fingerprint density at radius 1 is 0.900 bits per heavy atom. The van der Waals surface area contributed by atoms with E-state index >= 15 is 0 Å². The molecule has 1 N–H and O–H groups in total. The second-order valence-electron chi connectivity index (χ2n) is 7.21. The Labute approximate surface area is 172 Å². The first-order valence-corrected chi connectivity index (χ1v) is 9.80. The van der Waals surface area contributed by atoms with E-state index in [0.717, 1.165) is 39.7 Å². The Kier molecular flexibility index (Phi) is 3.81. The van der Waals surface area contributed by atoms with Gasteiger partial charge in [-0.25, -0.2) is 9.50 Å². The summed E-state index contributed by atoms with van der Waals surface area (Å²) in [5.41, 5.74) is 4.06. The number of hydrogen-bond donors (Lipinski definition) is 1. The van der Waals surface area contributed by atoms with Crippen molar-refractivity contribution in [2.45, 2.75) is 6.54 Å². The fourth-order valence-electron chi connectivity index (χ4n) is 3.86. The molecule has 2 aromatic heterocycles. The van der Waals surface area contributed by atoms with Gasteiger partial charge in [-0.05, 0) is 40.1 Å². The van der Waals surface area contributed by atoms with Gasteiger partial charge in [0.15, 0.2) is 17.1 Å². The topological polar surface area (TPSA) is 60.7 Å². The van der Waals surface area contributed by atoms with Gasteiger partial charge in [-0.15, -0.1) is 0 Å². The number of nitrogens with one attached hydrogen (secondary N) is 1. The number of nitrogens with zero attached hydrogens (tertiary/aromatic N) is 3. The highest BCUT2D eigenvalue weighted by atomic mass is 16.7. The molecule has 1 aliphatic rings. The number of rotatable bonds is 4. The van der Waals surface area contributed by atoms with E-state index in [0.29, 0.717) is 6.54 Å². The third kappa shape index (κ3) is 2.81. The third-order valence-electron chi connectivity index (χ3n) is 5.36. The molecule has 0 amide bonds. The number of aromatic nitrogens is 3. The van der Waals surface area contributed by atoms with Crippen molar-refractivity contribution in [3.05, 3.63) is 84.7 Å². The van der Waals surface area contributed by atoms with Crippen LogP contribution in [0.5, 0.6) is 11.5 Å². The normalized spacial score (nSPS) is 12.5. The minimum Gasteiger partial charge on any atom is -0.454 e. The zero-order valence-corrected chi connectivity index (χ0v) is 16.1. The van der Waals surface area contributed by atoms with Gasteiger partial charge in [0.05, 0.1) is 6.20 Å². The monoisotopic (exact) mass is 394 g/mol. The molecular formula is C24H18N4O2. The lowest BCUT2D eigenvalue weighted by Crippen LogP contribution is -2.03. The minimum atomic E-state index is 0.280. The first-order valence-electron chi connectivity index (χ1n) is 9.80. The average Bonchev–Trinajstić information content (AvgIpc) is 3.43. The summed E-state index contributed by atoms with van der Waals surface area (Å²) in [7, 11) is 0. The van der Waals surface area contributed by atoms with Gasteiger partial charge in [0.2, 0.25) is 6.79 Å². The van der Waals surface area contributed by atoms with E-state index in [9.17, 15) is 0 Å². The Morgan fingerprint density at radius 2 is 1.80 bits per heavy atom. The summed E-state index contributed by atoms with van der Waals surface area (Å²) < 4.78 is 12.6. The van der Waals surface area contributed by atoms with Crippen molar-refractivity contribution in [1.29, 1.82) is 0 Å². The number of hydrogen-bond acceptors (Lipinski definition) is 5. The molecule has 3 heterocycles. The summed E-state index contributed by atoms with van der Waals surface area (Å²) in [4.78, 5) is 4.84. The van der Waals surface area contributed by atoms with Crippen LogP contribution in [-0.2, 0) is 6.54 Å². The molecule has 5 aromatic rings. The molecule has 0 spiro atoms. The molecule has 0 saturated carbocycles. The number of ether oxygens (including phenoxy) is 2.